The molecule has 0 radical (unpaired) electrons. The first-order chi connectivity index (χ1) is 10.7. The molecule has 0 saturated heterocycles. The number of benzene rings is 1. The molecule has 0 unspecified atom stereocenters. The number of carbonyl (C=O) groups is 1. The summed E-state index contributed by atoms with van der Waals surface area (Å²) in [5, 5.41) is 4.31. The van der Waals surface area contributed by atoms with Gasteiger partial charge in [0.1, 0.15) is 11.5 Å². The number of anilines is 2. The van der Waals surface area contributed by atoms with Crippen LogP contribution in [0.3, 0.4) is 0 Å². The van der Waals surface area contributed by atoms with Crippen LogP contribution in [0.15, 0.2) is 48.7 Å². The van der Waals surface area contributed by atoms with E-state index in [0.717, 1.165) is 28.6 Å². The van der Waals surface area contributed by atoms with Gasteiger partial charge in [-0.15, -0.1) is 0 Å². The number of ketones is 1. The number of nitrogens with zero attached hydrogens (tertiary/aromatic N) is 2. The van der Waals surface area contributed by atoms with Gasteiger partial charge in [0.25, 0.3) is 0 Å². The number of nitrogens with one attached hydrogen (secondary N) is 1. The first kappa shape index (κ1) is 14.2. The van der Waals surface area contributed by atoms with Gasteiger partial charge in [-0.2, -0.15) is 0 Å². The van der Waals surface area contributed by atoms with E-state index in [1.54, 1.807) is 13.1 Å². The third kappa shape index (κ3) is 2.68. The molecular weight excluding hydrogens is 274 g/mol. The van der Waals surface area contributed by atoms with Crippen LogP contribution in [-0.2, 0) is 6.42 Å². The summed E-state index contributed by atoms with van der Waals surface area (Å²) in [5.41, 5.74) is 3.35. The van der Waals surface area contributed by atoms with Crippen LogP contribution in [0.5, 0.6) is 0 Å². The molecule has 0 atom stereocenters. The fraction of sp³-hybridized carbons (Fsp3) is 0.167. The van der Waals surface area contributed by atoms with Crippen LogP contribution in [0, 0.1) is 0 Å². The van der Waals surface area contributed by atoms with E-state index in [-0.39, 0.29) is 5.78 Å². The molecule has 22 heavy (non-hydrogen) atoms. The number of hydrogen-bond acceptors (Lipinski definition) is 4. The monoisotopic (exact) mass is 291 g/mol. The molecule has 0 bridgehead atoms. The van der Waals surface area contributed by atoms with Crippen LogP contribution in [0.25, 0.3) is 10.9 Å². The number of aromatic nitrogens is 2. The molecule has 2 aromatic heterocycles. The minimum Gasteiger partial charge on any atom is -0.340 e. The summed E-state index contributed by atoms with van der Waals surface area (Å²) < 4.78 is 0. The van der Waals surface area contributed by atoms with Crippen LogP contribution in [0.4, 0.5) is 11.5 Å². The van der Waals surface area contributed by atoms with E-state index in [2.05, 4.69) is 15.3 Å². The number of fused-ring (bicyclic) bond motifs is 1. The Morgan fingerprint density at radius 2 is 1.95 bits per heavy atom. The highest BCUT2D eigenvalue weighted by atomic mass is 16.1. The lowest BCUT2D eigenvalue weighted by Crippen LogP contribution is -2.05. The van der Waals surface area contributed by atoms with Gasteiger partial charge in [0, 0.05) is 18.5 Å². The van der Waals surface area contributed by atoms with E-state index in [9.17, 15) is 4.79 Å². The zero-order valence-electron chi connectivity index (χ0n) is 12.6. The smallest absolute Gasteiger partial charge is 0.178 e. The number of pyridine rings is 2. The number of hydrogen-bond donors (Lipinski definition) is 1. The maximum absolute atomic E-state index is 11.7. The fourth-order valence-corrected chi connectivity index (χ4v) is 2.49. The normalized spacial score (nSPS) is 10.6. The molecule has 4 nitrogen and oxygen atoms in total. The molecule has 4 heteroatoms. The van der Waals surface area contributed by atoms with Crippen LogP contribution < -0.4 is 5.32 Å². The fourth-order valence-electron chi connectivity index (χ4n) is 2.49. The van der Waals surface area contributed by atoms with Gasteiger partial charge in [0.15, 0.2) is 5.78 Å². The number of aryl methyl sites for hydroxylation is 1. The highest BCUT2D eigenvalue weighted by molar-refractivity contribution is 5.95. The van der Waals surface area contributed by atoms with Crippen LogP contribution in [-0.4, -0.2) is 15.8 Å². The molecule has 1 N–H and O–H groups in total. The van der Waals surface area contributed by atoms with Crippen molar-refractivity contribution < 1.29 is 4.79 Å². The number of para-hydroxylation sites is 1. The Kier molecular flexibility index (Phi) is 3.83. The van der Waals surface area contributed by atoms with Crippen molar-refractivity contribution in [2.75, 3.05) is 5.32 Å². The lowest BCUT2D eigenvalue weighted by atomic mass is 10.1. The molecule has 1 aromatic carbocycles. The number of carbonyl (C=O) groups excluding carboxylic acids is 1. The molecule has 0 saturated carbocycles. The molecule has 3 rings (SSSR count). The third-order valence-electron chi connectivity index (χ3n) is 3.60. The van der Waals surface area contributed by atoms with Gasteiger partial charge in [-0.05, 0) is 30.2 Å². The first-order valence-corrected chi connectivity index (χ1v) is 7.30. The second-order valence-corrected chi connectivity index (χ2v) is 5.11. The quantitative estimate of drug-likeness (QED) is 0.734. The van der Waals surface area contributed by atoms with Gasteiger partial charge >= 0.3 is 0 Å². The Hall–Kier alpha value is -2.75. The Morgan fingerprint density at radius 1 is 1.14 bits per heavy atom. The summed E-state index contributed by atoms with van der Waals surface area (Å²) in [5.74, 6) is 0.652. The Labute approximate surface area is 129 Å². The zero-order valence-corrected chi connectivity index (χ0v) is 12.6. The Morgan fingerprint density at radius 3 is 2.73 bits per heavy atom. The summed E-state index contributed by atoms with van der Waals surface area (Å²) >= 11 is 0. The second-order valence-electron chi connectivity index (χ2n) is 5.11. The van der Waals surface area contributed by atoms with E-state index >= 15 is 0 Å². The van der Waals surface area contributed by atoms with E-state index in [1.807, 2.05) is 49.4 Å². The van der Waals surface area contributed by atoms with Gasteiger partial charge in [-0.3, -0.25) is 9.78 Å². The van der Waals surface area contributed by atoms with Crippen molar-refractivity contribution in [3.63, 3.8) is 0 Å². The lowest BCUT2D eigenvalue weighted by Gasteiger charge is -2.11. The molecule has 2 heterocycles. The SMILES string of the molecule is CCc1ccc(Nc2ccnc3ccccc23)nc1C(C)=O. The standard InChI is InChI=1S/C18H17N3O/c1-3-13-8-9-17(21-18(13)12(2)22)20-16-10-11-19-15-7-5-4-6-14(15)16/h4-11H,3H2,1-2H3,(H,19,20,21). The maximum Gasteiger partial charge on any atom is 0.178 e. The predicted molar refractivity (Wildman–Crippen MR) is 88.6 cm³/mol. The van der Waals surface area contributed by atoms with Crippen LogP contribution in [0.2, 0.25) is 0 Å². The van der Waals surface area contributed by atoms with Crippen LogP contribution >= 0.6 is 0 Å². The highest BCUT2D eigenvalue weighted by Crippen LogP contribution is 2.24. The van der Waals surface area contributed by atoms with E-state index < -0.39 is 0 Å². The topological polar surface area (TPSA) is 54.9 Å². The summed E-state index contributed by atoms with van der Waals surface area (Å²) in [6.45, 7) is 3.57. The van der Waals surface area contributed by atoms with E-state index in [1.165, 1.54) is 0 Å². The average Bonchev–Trinajstić information content (AvgIpc) is 2.55. The van der Waals surface area contributed by atoms with Crippen molar-refractivity contribution in [1.82, 2.24) is 9.97 Å². The number of Topliss-reactive ketones (excluding diaryl/α,β-unsaturated/α-hetero) is 1. The van der Waals surface area contributed by atoms with Crippen molar-refractivity contribution in [1.29, 1.82) is 0 Å². The van der Waals surface area contributed by atoms with Crippen molar-refractivity contribution in [3.8, 4) is 0 Å². The van der Waals surface area contributed by atoms with E-state index in [0.29, 0.717) is 11.5 Å². The maximum atomic E-state index is 11.7. The zero-order chi connectivity index (χ0) is 15.5. The molecule has 3 aromatic rings. The number of rotatable bonds is 4. The van der Waals surface area contributed by atoms with Gasteiger partial charge in [-0.1, -0.05) is 31.2 Å². The first-order valence-electron chi connectivity index (χ1n) is 7.30. The summed E-state index contributed by atoms with van der Waals surface area (Å²) in [7, 11) is 0. The van der Waals surface area contributed by atoms with Gasteiger partial charge < -0.3 is 5.32 Å². The Bertz CT molecular complexity index is 837. The van der Waals surface area contributed by atoms with Crippen molar-refractivity contribution in [2.45, 2.75) is 20.3 Å². The summed E-state index contributed by atoms with van der Waals surface area (Å²) in [4.78, 5) is 20.5. The Balaban J connectivity index is 2.02. The highest BCUT2D eigenvalue weighted by Gasteiger charge is 2.10. The predicted octanol–water partition coefficient (Wildman–Crippen LogP) is 4.14. The summed E-state index contributed by atoms with van der Waals surface area (Å²) in [6, 6.07) is 13.7. The molecule has 0 aliphatic carbocycles. The van der Waals surface area contributed by atoms with Crippen molar-refractivity contribution in [2.24, 2.45) is 0 Å². The summed E-state index contributed by atoms with van der Waals surface area (Å²) in [6.07, 6.45) is 2.55. The largest absolute Gasteiger partial charge is 0.340 e. The average molecular weight is 291 g/mol. The van der Waals surface area contributed by atoms with Crippen molar-refractivity contribution in [3.05, 3.63) is 59.9 Å². The molecule has 0 spiro atoms. The van der Waals surface area contributed by atoms with Gasteiger partial charge in [-0.25, -0.2) is 4.98 Å². The van der Waals surface area contributed by atoms with Crippen molar-refractivity contribution >= 4 is 28.2 Å². The lowest BCUT2D eigenvalue weighted by molar-refractivity contribution is 0.101. The molecule has 110 valence electrons. The molecule has 0 amide bonds. The van der Waals surface area contributed by atoms with Gasteiger partial charge in [0.05, 0.1) is 11.2 Å². The molecule has 0 aliphatic rings. The molecule has 0 fully saturated rings. The minimum absolute atomic E-state index is 0.0138. The van der Waals surface area contributed by atoms with Crippen LogP contribution in [0.1, 0.15) is 29.9 Å². The molecule has 0 aliphatic heterocycles. The third-order valence-corrected chi connectivity index (χ3v) is 3.60. The van der Waals surface area contributed by atoms with Gasteiger partial charge in [0.2, 0.25) is 0 Å². The minimum atomic E-state index is -0.0138. The molecular formula is C18H17N3O. The van der Waals surface area contributed by atoms with E-state index in [4.69, 9.17) is 0 Å². The second kappa shape index (κ2) is 5.93.